The van der Waals surface area contributed by atoms with E-state index in [0.717, 1.165) is 0 Å². The highest BCUT2D eigenvalue weighted by Gasteiger charge is 2.15. The maximum absolute atomic E-state index is 11.9. The normalized spacial score (nSPS) is 14.9. The van der Waals surface area contributed by atoms with Gasteiger partial charge in [0.2, 0.25) is 0 Å². The molecule has 25 heavy (non-hydrogen) atoms. The van der Waals surface area contributed by atoms with Crippen LogP contribution in [-0.2, 0) is 6.54 Å². The van der Waals surface area contributed by atoms with Gasteiger partial charge in [0.05, 0.1) is 6.54 Å². The summed E-state index contributed by atoms with van der Waals surface area (Å²) in [6.07, 6.45) is 6.40. The minimum Gasteiger partial charge on any atom is -0.361 e. The molecule has 8 nitrogen and oxygen atoms in total. The molecule has 2 aromatic rings. The number of carbonyl (C=O) groups excluding carboxylic acids is 2. The average Bonchev–Trinajstić information content (AvgIpc) is 3.11. The van der Waals surface area contributed by atoms with Gasteiger partial charge in [-0.05, 0) is 36.5 Å². The smallest absolute Gasteiger partial charge is 0.319 e. The van der Waals surface area contributed by atoms with E-state index in [1.54, 1.807) is 0 Å². The van der Waals surface area contributed by atoms with Crippen molar-refractivity contribution in [3.8, 4) is 0 Å². The minimum absolute atomic E-state index is 0.0305. The fourth-order valence-electron chi connectivity index (χ4n) is 3.04. The van der Waals surface area contributed by atoms with E-state index < -0.39 is 11.9 Å². The summed E-state index contributed by atoms with van der Waals surface area (Å²) in [5.74, 6) is -0.275. The fraction of sp³-hybridized carbons (Fsp3) is 0.412. The van der Waals surface area contributed by atoms with Crippen molar-refractivity contribution in [1.82, 2.24) is 15.5 Å². The van der Waals surface area contributed by atoms with Gasteiger partial charge in [-0.3, -0.25) is 4.79 Å². The van der Waals surface area contributed by atoms with E-state index in [1.165, 1.54) is 37.7 Å². The zero-order valence-corrected chi connectivity index (χ0v) is 13.8. The largest absolute Gasteiger partial charge is 0.361 e. The Morgan fingerprint density at radius 2 is 1.88 bits per heavy atom. The third-order valence-corrected chi connectivity index (χ3v) is 4.33. The molecule has 0 atom stereocenters. The van der Waals surface area contributed by atoms with Crippen molar-refractivity contribution in [2.75, 3.05) is 5.32 Å². The van der Waals surface area contributed by atoms with Gasteiger partial charge in [-0.25, -0.2) is 4.79 Å². The Labute approximate surface area is 145 Å². The lowest BCUT2D eigenvalue weighted by atomic mass is 9.84. The first-order valence-electron chi connectivity index (χ1n) is 8.39. The van der Waals surface area contributed by atoms with Gasteiger partial charge in [-0.15, -0.1) is 0 Å². The van der Waals surface area contributed by atoms with E-state index in [-0.39, 0.29) is 18.3 Å². The number of anilines is 1. The minimum atomic E-state index is -0.804. The van der Waals surface area contributed by atoms with Crippen molar-refractivity contribution in [2.24, 2.45) is 5.73 Å². The van der Waals surface area contributed by atoms with Gasteiger partial charge in [0, 0.05) is 5.69 Å². The van der Waals surface area contributed by atoms with Gasteiger partial charge in [0.25, 0.3) is 0 Å². The molecular weight excluding hydrogens is 322 g/mol. The maximum Gasteiger partial charge on any atom is 0.319 e. The van der Waals surface area contributed by atoms with Crippen LogP contribution in [0.15, 0.2) is 28.8 Å². The molecule has 4 N–H and O–H groups in total. The Bertz CT molecular complexity index is 735. The second kappa shape index (κ2) is 7.78. The predicted octanol–water partition coefficient (Wildman–Crippen LogP) is 2.54. The number of hydrogen-bond acceptors (Lipinski definition) is 5. The lowest BCUT2D eigenvalue weighted by molar-refractivity contribution is 0.0958. The number of rotatable bonds is 5. The van der Waals surface area contributed by atoms with Crippen LogP contribution in [0.1, 0.15) is 60.1 Å². The summed E-state index contributed by atoms with van der Waals surface area (Å²) >= 11 is 0. The molecule has 3 amide bonds. The van der Waals surface area contributed by atoms with Crippen LogP contribution in [0.2, 0.25) is 0 Å². The van der Waals surface area contributed by atoms with Crippen LogP contribution in [0.5, 0.6) is 0 Å². The highest BCUT2D eigenvalue weighted by Crippen LogP contribution is 2.32. The first kappa shape index (κ1) is 16.9. The van der Waals surface area contributed by atoms with Crippen molar-refractivity contribution >= 4 is 17.6 Å². The van der Waals surface area contributed by atoms with Crippen LogP contribution >= 0.6 is 0 Å². The summed E-state index contributed by atoms with van der Waals surface area (Å²) in [6, 6.07) is 7.57. The SMILES string of the molecule is NC(=O)c1nc(CNC(=O)Nc2ccc(C3CCCCC3)cc2)no1. The molecule has 1 saturated carbocycles. The van der Waals surface area contributed by atoms with Crippen molar-refractivity contribution in [1.29, 1.82) is 0 Å². The molecule has 8 heteroatoms. The van der Waals surface area contributed by atoms with Crippen molar-refractivity contribution in [2.45, 2.75) is 44.6 Å². The van der Waals surface area contributed by atoms with E-state index in [0.29, 0.717) is 11.6 Å². The van der Waals surface area contributed by atoms with Gasteiger partial charge in [0.15, 0.2) is 5.82 Å². The zero-order chi connectivity index (χ0) is 17.6. The number of nitrogens with one attached hydrogen (secondary N) is 2. The van der Waals surface area contributed by atoms with Gasteiger partial charge >= 0.3 is 17.8 Å². The quantitative estimate of drug-likeness (QED) is 0.770. The Balaban J connectivity index is 1.49. The van der Waals surface area contributed by atoms with Crippen LogP contribution < -0.4 is 16.4 Å². The van der Waals surface area contributed by atoms with Crippen LogP contribution in [0.25, 0.3) is 0 Å². The van der Waals surface area contributed by atoms with Gasteiger partial charge in [0.1, 0.15) is 0 Å². The fourth-order valence-corrected chi connectivity index (χ4v) is 3.04. The molecule has 0 bridgehead atoms. The molecule has 0 saturated heterocycles. The first-order chi connectivity index (χ1) is 12.1. The molecule has 1 aliphatic carbocycles. The summed E-state index contributed by atoms with van der Waals surface area (Å²) in [7, 11) is 0. The molecule has 1 aliphatic rings. The number of nitrogens with zero attached hydrogens (tertiary/aromatic N) is 2. The third kappa shape index (κ3) is 4.56. The Morgan fingerprint density at radius 1 is 1.16 bits per heavy atom. The number of amides is 3. The number of urea groups is 1. The summed E-state index contributed by atoms with van der Waals surface area (Å²) in [5.41, 5.74) is 7.06. The number of benzene rings is 1. The molecule has 0 spiro atoms. The third-order valence-electron chi connectivity index (χ3n) is 4.33. The lowest BCUT2D eigenvalue weighted by Crippen LogP contribution is -2.28. The highest BCUT2D eigenvalue weighted by atomic mass is 16.5. The Morgan fingerprint density at radius 3 is 2.52 bits per heavy atom. The summed E-state index contributed by atoms with van der Waals surface area (Å²) in [5, 5.41) is 8.88. The second-order valence-corrected chi connectivity index (χ2v) is 6.14. The van der Waals surface area contributed by atoms with E-state index in [1.807, 2.05) is 12.1 Å². The first-order valence-corrected chi connectivity index (χ1v) is 8.39. The summed E-state index contributed by atoms with van der Waals surface area (Å²) in [4.78, 5) is 26.5. The topological polar surface area (TPSA) is 123 Å². The van der Waals surface area contributed by atoms with E-state index in [9.17, 15) is 9.59 Å². The zero-order valence-electron chi connectivity index (χ0n) is 13.8. The van der Waals surface area contributed by atoms with Gasteiger partial charge < -0.3 is 20.9 Å². The van der Waals surface area contributed by atoms with Crippen LogP contribution in [0, 0.1) is 0 Å². The van der Waals surface area contributed by atoms with Crippen molar-refractivity contribution < 1.29 is 14.1 Å². The lowest BCUT2D eigenvalue weighted by Gasteiger charge is -2.22. The van der Waals surface area contributed by atoms with E-state index in [2.05, 4.69) is 37.4 Å². The molecule has 1 aromatic heterocycles. The van der Waals surface area contributed by atoms with Crippen molar-refractivity contribution in [3.05, 3.63) is 41.5 Å². The molecule has 132 valence electrons. The number of nitrogens with two attached hydrogens (primary N) is 1. The predicted molar refractivity (Wildman–Crippen MR) is 90.9 cm³/mol. The number of aromatic nitrogens is 2. The summed E-state index contributed by atoms with van der Waals surface area (Å²) < 4.78 is 4.64. The maximum atomic E-state index is 11.9. The van der Waals surface area contributed by atoms with E-state index in [4.69, 9.17) is 5.73 Å². The molecule has 0 radical (unpaired) electrons. The van der Waals surface area contributed by atoms with Crippen LogP contribution in [-0.4, -0.2) is 22.1 Å². The monoisotopic (exact) mass is 343 g/mol. The second-order valence-electron chi connectivity index (χ2n) is 6.14. The Kier molecular flexibility index (Phi) is 5.27. The van der Waals surface area contributed by atoms with E-state index >= 15 is 0 Å². The molecular formula is C17H21N5O3. The molecule has 1 heterocycles. The molecule has 0 unspecified atom stereocenters. The highest BCUT2D eigenvalue weighted by molar-refractivity contribution is 5.89. The molecule has 1 aromatic carbocycles. The van der Waals surface area contributed by atoms with Gasteiger partial charge in [-0.1, -0.05) is 36.6 Å². The number of hydrogen-bond donors (Lipinski definition) is 3. The Hall–Kier alpha value is -2.90. The van der Waals surface area contributed by atoms with Crippen LogP contribution in [0.4, 0.5) is 10.5 Å². The molecule has 3 rings (SSSR count). The number of primary amides is 1. The standard InChI is InChI=1S/C17H21N5O3/c18-15(23)16-21-14(22-25-16)10-19-17(24)20-13-8-6-12(7-9-13)11-4-2-1-3-5-11/h6-9,11H,1-5,10H2,(H2,18,23)(H2,19,20,24). The van der Waals surface area contributed by atoms with Crippen LogP contribution in [0.3, 0.4) is 0 Å². The molecule has 1 fully saturated rings. The number of carbonyl (C=O) groups is 2. The van der Waals surface area contributed by atoms with Crippen molar-refractivity contribution in [3.63, 3.8) is 0 Å². The summed E-state index contributed by atoms with van der Waals surface area (Å²) in [6.45, 7) is 0.0305. The van der Waals surface area contributed by atoms with Gasteiger partial charge in [-0.2, -0.15) is 4.98 Å². The molecule has 0 aliphatic heterocycles. The average molecular weight is 343 g/mol.